The van der Waals surface area contributed by atoms with Crippen LogP contribution in [0.2, 0.25) is 0 Å². The van der Waals surface area contributed by atoms with Crippen LogP contribution in [0.5, 0.6) is 5.75 Å². The second-order valence-corrected chi connectivity index (χ2v) is 3.88. The molecule has 96 valence electrons. The molecule has 0 aliphatic rings. The van der Waals surface area contributed by atoms with Gasteiger partial charge in [0.25, 0.3) is 0 Å². The number of rotatable bonds is 4. The molecule has 0 fully saturated rings. The number of benzene rings is 1. The Morgan fingerprint density at radius 3 is 2.78 bits per heavy atom. The molecule has 0 aliphatic carbocycles. The number of aryl methyl sites for hydroxylation is 1. The molecule has 0 amide bonds. The van der Waals surface area contributed by atoms with E-state index in [0.29, 0.717) is 5.82 Å². The van der Waals surface area contributed by atoms with E-state index in [2.05, 4.69) is 9.72 Å². The fraction of sp³-hybridized carbons (Fsp3) is 0.385. The van der Waals surface area contributed by atoms with Crippen LogP contribution >= 0.6 is 0 Å². The van der Waals surface area contributed by atoms with E-state index in [1.807, 2.05) is 29.7 Å². The number of imidazole rings is 1. The monoisotopic (exact) mass is 248 g/mol. The molecule has 0 aliphatic heterocycles. The molecule has 1 aromatic carbocycles. The first-order valence-corrected chi connectivity index (χ1v) is 5.79. The molecule has 1 heterocycles. The summed E-state index contributed by atoms with van der Waals surface area (Å²) in [5.74, 6) is 1.19. The zero-order chi connectivity index (χ0) is 13.1. The highest BCUT2D eigenvalue weighted by atomic mass is 16.5. The first-order valence-electron chi connectivity index (χ1n) is 5.79. The SMILES string of the molecule is CCn1c(CC(=O)OC)nc2cc(OC)ccc21. The lowest BCUT2D eigenvalue weighted by molar-refractivity contribution is -0.139. The summed E-state index contributed by atoms with van der Waals surface area (Å²) in [4.78, 5) is 15.8. The largest absolute Gasteiger partial charge is 0.497 e. The lowest BCUT2D eigenvalue weighted by Gasteiger charge is -2.05. The maximum Gasteiger partial charge on any atom is 0.313 e. The topological polar surface area (TPSA) is 53.4 Å². The highest BCUT2D eigenvalue weighted by Crippen LogP contribution is 2.22. The average Bonchev–Trinajstić information content (AvgIpc) is 2.74. The van der Waals surface area contributed by atoms with Crippen molar-refractivity contribution in [1.29, 1.82) is 0 Å². The van der Waals surface area contributed by atoms with Gasteiger partial charge in [0.1, 0.15) is 18.0 Å². The van der Waals surface area contributed by atoms with Gasteiger partial charge in [0.15, 0.2) is 0 Å². The Morgan fingerprint density at radius 1 is 1.39 bits per heavy atom. The zero-order valence-corrected chi connectivity index (χ0v) is 10.8. The van der Waals surface area contributed by atoms with E-state index < -0.39 is 0 Å². The van der Waals surface area contributed by atoms with Gasteiger partial charge in [-0.1, -0.05) is 0 Å². The van der Waals surface area contributed by atoms with E-state index in [1.54, 1.807) is 7.11 Å². The van der Waals surface area contributed by atoms with Gasteiger partial charge in [0.05, 0.1) is 25.3 Å². The van der Waals surface area contributed by atoms with E-state index in [9.17, 15) is 4.79 Å². The number of fused-ring (bicyclic) bond motifs is 1. The van der Waals surface area contributed by atoms with Gasteiger partial charge in [-0.15, -0.1) is 0 Å². The number of hydrogen-bond donors (Lipinski definition) is 0. The van der Waals surface area contributed by atoms with Gasteiger partial charge < -0.3 is 14.0 Å². The summed E-state index contributed by atoms with van der Waals surface area (Å²) < 4.78 is 11.8. The molecule has 0 radical (unpaired) electrons. The van der Waals surface area contributed by atoms with Crippen molar-refractivity contribution >= 4 is 17.0 Å². The first-order chi connectivity index (χ1) is 8.69. The summed E-state index contributed by atoms with van der Waals surface area (Å²) in [5, 5.41) is 0. The quantitative estimate of drug-likeness (QED) is 0.774. The minimum atomic E-state index is -0.285. The van der Waals surface area contributed by atoms with Gasteiger partial charge in [0, 0.05) is 12.6 Å². The summed E-state index contributed by atoms with van der Waals surface area (Å²) in [7, 11) is 3.00. The fourth-order valence-corrected chi connectivity index (χ4v) is 1.98. The van der Waals surface area contributed by atoms with Crippen LogP contribution < -0.4 is 4.74 Å². The van der Waals surface area contributed by atoms with Gasteiger partial charge in [-0.25, -0.2) is 4.98 Å². The number of carbonyl (C=O) groups excluding carboxylic acids is 1. The Labute approximate surface area is 105 Å². The third-order valence-electron chi connectivity index (χ3n) is 2.88. The van der Waals surface area contributed by atoms with Crippen molar-refractivity contribution in [1.82, 2.24) is 9.55 Å². The molecule has 0 saturated heterocycles. The number of aromatic nitrogens is 2. The number of methoxy groups -OCH3 is 2. The molecule has 2 rings (SSSR count). The van der Waals surface area contributed by atoms with Crippen LogP contribution in [-0.4, -0.2) is 29.7 Å². The summed E-state index contributed by atoms with van der Waals surface area (Å²) in [6, 6.07) is 5.70. The Balaban J connectivity index is 2.49. The third kappa shape index (κ3) is 2.16. The fourth-order valence-electron chi connectivity index (χ4n) is 1.98. The zero-order valence-electron chi connectivity index (χ0n) is 10.8. The molecule has 0 bridgehead atoms. The number of ether oxygens (including phenoxy) is 2. The van der Waals surface area contributed by atoms with Gasteiger partial charge in [0.2, 0.25) is 0 Å². The Bertz CT molecular complexity index is 575. The van der Waals surface area contributed by atoms with Crippen LogP contribution in [0.4, 0.5) is 0 Å². The Morgan fingerprint density at radius 2 is 2.17 bits per heavy atom. The van der Waals surface area contributed by atoms with Crippen molar-refractivity contribution in [3.05, 3.63) is 24.0 Å². The predicted molar refractivity (Wildman–Crippen MR) is 67.7 cm³/mol. The predicted octanol–water partition coefficient (Wildman–Crippen LogP) is 1.78. The number of carbonyl (C=O) groups is 1. The third-order valence-corrected chi connectivity index (χ3v) is 2.88. The van der Waals surface area contributed by atoms with Crippen LogP contribution in [0.15, 0.2) is 18.2 Å². The molecule has 0 N–H and O–H groups in total. The molecular formula is C13H16N2O3. The minimum Gasteiger partial charge on any atom is -0.497 e. The molecule has 18 heavy (non-hydrogen) atoms. The second kappa shape index (κ2) is 5.08. The van der Waals surface area contributed by atoms with Crippen molar-refractivity contribution in [2.24, 2.45) is 0 Å². The maximum atomic E-state index is 11.3. The van der Waals surface area contributed by atoms with Crippen molar-refractivity contribution in [3.63, 3.8) is 0 Å². The molecule has 1 aromatic heterocycles. The standard InChI is InChI=1S/C13H16N2O3/c1-4-15-11-6-5-9(17-2)7-10(11)14-12(15)8-13(16)18-3/h5-7H,4,8H2,1-3H3. The van der Waals surface area contributed by atoms with Crippen LogP contribution in [0, 0.1) is 0 Å². The van der Waals surface area contributed by atoms with Gasteiger partial charge >= 0.3 is 5.97 Å². The Kier molecular flexibility index (Phi) is 3.50. The highest BCUT2D eigenvalue weighted by Gasteiger charge is 2.13. The second-order valence-electron chi connectivity index (χ2n) is 3.88. The maximum absolute atomic E-state index is 11.3. The van der Waals surface area contributed by atoms with E-state index in [1.165, 1.54) is 7.11 Å². The summed E-state index contributed by atoms with van der Waals surface area (Å²) in [6.07, 6.45) is 0.182. The Hall–Kier alpha value is -2.04. The summed E-state index contributed by atoms with van der Waals surface area (Å²) >= 11 is 0. The van der Waals surface area contributed by atoms with E-state index in [4.69, 9.17) is 4.74 Å². The van der Waals surface area contributed by atoms with Gasteiger partial charge in [-0.05, 0) is 19.1 Å². The van der Waals surface area contributed by atoms with Crippen LogP contribution in [-0.2, 0) is 22.5 Å². The lowest BCUT2D eigenvalue weighted by Crippen LogP contribution is -2.10. The molecular weight excluding hydrogens is 232 g/mol. The van der Waals surface area contributed by atoms with Crippen LogP contribution in [0.3, 0.4) is 0 Å². The van der Waals surface area contributed by atoms with Gasteiger partial charge in [-0.3, -0.25) is 4.79 Å². The molecule has 5 nitrogen and oxygen atoms in total. The van der Waals surface area contributed by atoms with E-state index >= 15 is 0 Å². The van der Waals surface area contributed by atoms with Gasteiger partial charge in [-0.2, -0.15) is 0 Å². The summed E-state index contributed by atoms with van der Waals surface area (Å²) in [6.45, 7) is 2.78. The number of hydrogen-bond acceptors (Lipinski definition) is 4. The molecule has 2 aromatic rings. The van der Waals surface area contributed by atoms with Crippen molar-refractivity contribution in [2.45, 2.75) is 19.9 Å². The smallest absolute Gasteiger partial charge is 0.313 e. The van der Waals surface area contributed by atoms with Crippen molar-refractivity contribution in [3.8, 4) is 5.75 Å². The van der Waals surface area contributed by atoms with Crippen molar-refractivity contribution in [2.75, 3.05) is 14.2 Å². The minimum absolute atomic E-state index is 0.182. The molecule has 0 unspecified atom stereocenters. The normalized spacial score (nSPS) is 10.6. The number of esters is 1. The van der Waals surface area contributed by atoms with Crippen LogP contribution in [0.25, 0.3) is 11.0 Å². The highest BCUT2D eigenvalue weighted by molar-refractivity contribution is 5.79. The summed E-state index contributed by atoms with van der Waals surface area (Å²) in [5.41, 5.74) is 1.83. The van der Waals surface area contributed by atoms with Crippen LogP contribution in [0.1, 0.15) is 12.7 Å². The molecule has 0 atom stereocenters. The number of nitrogens with zero attached hydrogens (tertiary/aromatic N) is 2. The molecule has 5 heteroatoms. The molecule has 0 spiro atoms. The average molecular weight is 248 g/mol. The van der Waals surface area contributed by atoms with E-state index in [0.717, 1.165) is 23.3 Å². The molecule has 0 saturated carbocycles. The van der Waals surface area contributed by atoms with Crippen molar-refractivity contribution < 1.29 is 14.3 Å². The van der Waals surface area contributed by atoms with E-state index in [-0.39, 0.29) is 12.4 Å². The lowest BCUT2D eigenvalue weighted by atomic mass is 10.3. The first kappa shape index (κ1) is 12.4.